The number of carboxylic acid groups (broad SMARTS) is 1. The summed E-state index contributed by atoms with van der Waals surface area (Å²) in [7, 11) is 0. The molecule has 2 rings (SSSR count). The molecule has 2 heterocycles. The van der Waals surface area contributed by atoms with E-state index in [9.17, 15) is 4.79 Å². The Kier molecular flexibility index (Phi) is 2.20. The van der Waals surface area contributed by atoms with Crippen LogP contribution < -0.4 is 5.73 Å². The molecule has 1 aliphatic heterocycles. The molecule has 1 atom stereocenters. The van der Waals surface area contributed by atoms with Crippen molar-refractivity contribution in [1.82, 2.24) is 14.8 Å². The average Bonchev–Trinajstić information content (AvgIpc) is 2.59. The van der Waals surface area contributed by atoms with Gasteiger partial charge in [0.1, 0.15) is 5.82 Å². The second-order valence-electron chi connectivity index (χ2n) is 3.38. The molecule has 0 bridgehead atoms. The first-order valence-electron chi connectivity index (χ1n) is 4.60. The highest BCUT2D eigenvalue weighted by atomic mass is 16.4. The van der Waals surface area contributed by atoms with E-state index >= 15 is 0 Å². The highest BCUT2D eigenvalue weighted by Crippen LogP contribution is 2.14. The normalized spacial score (nSPS) is 17.5. The van der Waals surface area contributed by atoms with Crippen LogP contribution in [0.3, 0.4) is 0 Å². The fourth-order valence-electron chi connectivity index (χ4n) is 1.54. The maximum atomic E-state index is 10.6. The summed E-state index contributed by atoms with van der Waals surface area (Å²) in [5.74, 6) is -0.0229. The number of hydrogen-bond acceptors (Lipinski definition) is 4. The maximum Gasteiger partial charge on any atom is 0.328 e. The zero-order chi connectivity index (χ0) is 10.1. The Bertz CT molecular complexity index is 337. The van der Waals surface area contributed by atoms with E-state index in [4.69, 9.17) is 10.8 Å². The maximum absolute atomic E-state index is 10.6. The fraction of sp³-hybridized carbons (Fsp3) is 0.625. The summed E-state index contributed by atoms with van der Waals surface area (Å²) in [4.78, 5) is 14.7. The van der Waals surface area contributed by atoms with Gasteiger partial charge in [-0.05, 0) is 12.8 Å². The number of fused-ring (bicyclic) bond motifs is 1. The molecule has 0 radical (unpaired) electrons. The molecule has 6 heteroatoms. The largest absolute Gasteiger partial charge is 0.480 e. The van der Waals surface area contributed by atoms with Crippen LogP contribution in [-0.4, -0.2) is 25.8 Å². The highest BCUT2D eigenvalue weighted by Gasteiger charge is 2.22. The van der Waals surface area contributed by atoms with Crippen LogP contribution >= 0.6 is 0 Å². The summed E-state index contributed by atoms with van der Waals surface area (Å²) in [6.07, 6.45) is 3.01. The predicted octanol–water partition coefficient (Wildman–Crippen LogP) is -0.301. The molecule has 6 nitrogen and oxygen atoms in total. The highest BCUT2D eigenvalue weighted by molar-refractivity contribution is 5.73. The summed E-state index contributed by atoms with van der Waals surface area (Å²) in [5, 5.41) is 12.8. The van der Waals surface area contributed by atoms with Crippen molar-refractivity contribution < 1.29 is 9.90 Å². The van der Waals surface area contributed by atoms with Gasteiger partial charge >= 0.3 is 5.97 Å². The average molecular weight is 196 g/mol. The molecule has 0 spiro atoms. The van der Waals surface area contributed by atoms with Crippen molar-refractivity contribution in [3.8, 4) is 0 Å². The third-order valence-corrected chi connectivity index (χ3v) is 2.33. The first-order valence-corrected chi connectivity index (χ1v) is 4.60. The number of aryl methyl sites for hydroxylation is 2. The minimum absolute atomic E-state index is 0.217. The second kappa shape index (κ2) is 3.38. The smallest absolute Gasteiger partial charge is 0.328 e. The Balaban J connectivity index is 2.28. The van der Waals surface area contributed by atoms with E-state index in [0.717, 1.165) is 31.6 Å². The Morgan fingerprint density at radius 3 is 3.00 bits per heavy atom. The number of aliphatic carboxylic acids is 1. The molecule has 3 N–H and O–H groups in total. The summed E-state index contributed by atoms with van der Waals surface area (Å²) < 4.78 is 1.75. The Morgan fingerprint density at radius 2 is 2.36 bits per heavy atom. The van der Waals surface area contributed by atoms with E-state index < -0.39 is 12.0 Å². The molecule has 1 unspecified atom stereocenters. The fourth-order valence-corrected chi connectivity index (χ4v) is 1.54. The number of nitrogens with two attached hydrogens (primary N) is 1. The standard InChI is InChI=1S/C8H12N4O2/c9-6(8(13)14)7-10-5-3-1-2-4-12(5)11-7/h6H,1-4,9H2,(H,13,14). The van der Waals surface area contributed by atoms with Gasteiger partial charge in [0.25, 0.3) is 0 Å². The lowest BCUT2D eigenvalue weighted by Gasteiger charge is -2.09. The molecule has 0 fully saturated rings. The number of rotatable bonds is 2. The molecule has 0 amide bonds. The number of carboxylic acids is 1. The molecule has 14 heavy (non-hydrogen) atoms. The van der Waals surface area contributed by atoms with Gasteiger partial charge in [-0.25, -0.2) is 9.67 Å². The quantitative estimate of drug-likeness (QED) is 0.677. The molecule has 0 saturated carbocycles. The Labute approximate surface area is 80.7 Å². The van der Waals surface area contributed by atoms with Gasteiger partial charge < -0.3 is 10.8 Å². The van der Waals surface area contributed by atoms with Crippen molar-refractivity contribution in [1.29, 1.82) is 0 Å². The monoisotopic (exact) mass is 196 g/mol. The molecular weight excluding hydrogens is 184 g/mol. The van der Waals surface area contributed by atoms with Gasteiger partial charge in [-0.2, -0.15) is 5.10 Å². The number of carbonyl (C=O) groups is 1. The number of hydrogen-bond donors (Lipinski definition) is 2. The summed E-state index contributed by atoms with van der Waals surface area (Å²) >= 11 is 0. The molecule has 1 aliphatic rings. The van der Waals surface area contributed by atoms with E-state index in [1.165, 1.54) is 0 Å². The number of aromatic nitrogens is 3. The summed E-state index contributed by atoms with van der Waals surface area (Å²) in [6.45, 7) is 0.814. The van der Waals surface area contributed by atoms with Crippen LogP contribution in [0.2, 0.25) is 0 Å². The van der Waals surface area contributed by atoms with E-state index in [0.29, 0.717) is 0 Å². The van der Waals surface area contributed by atoms with Crippen LogP contribution in [0.25, 0.3) is 0 Å². The minimum Gasteiger partial charge on any atom is -0.480 e. The van der Waals surface area contributed by atoms with Gasteiger partial charge in [0.15, 0.2) is 11.9 Å². The van der Waals surface area contributed by atoms with Crippen molar-refractivity contribution in [3.05, 3.63) is 11.6 Å². The second-order valence-corrected chi connectivity index (χ2v) is 3.38. The van der Waals surface area contributed by atoms with Crippen LogP contribution in [-0.2, 0) is 17.8 Å². The van der Waals surface area contributed by atoms with E-state index in [1.807, 2.05) is 0 Å². The van der Waals surface area contributed by atoms with Crippen LogP contribution in [0.1, 0.15) is 30.5 Å². The summed E-state index contributed by atoms with van der Waals surface area (Å²) in [6, 6.07) is -1.10. The number of nitrogens with zero attached hydrogens (tertiary/aromatic N) is 3. The van der Waals surface area contributed by atoms with E-state index in [2.05, 4.69) is 10.1 Å². The zero-order valence-corrected chi connectivity index (χ0v) is 7.68. The van der Waals surface area contributed by atoms with Crippen LogP contribution in [0, 0.1) is 0 Å². The lowest BCUT2D eigenvalue weighted by molar-refractivity contribution is -0.138. The van der Waals surface area contributed by atoms with Crippen LogP contribution in [0.4, 0.5) is 0 Å². The van der Waals surface area contributed by atoms with Crippen molar-refractivity contribution in [2.24, 2.45) is 5.73 Å². The van der Waals surface area contributed by atoms with E-state index in [-0.39, 0.29) is 5.82 Å². The van der Waals surface area contributed by atoms with Crippen LogP contribution in [0.5, 0.6) is 0 Å². The lowest BCUT2D eigenvalue weighted by Crippen LogP contribution is -2.22. The van der Waals surface area contributed by atoms with Gasteiger partial charge in [-0.1, -0.05) is 0 Å². The zero-order valence-electron chi connectivity index (χ0n) is 7.68. The van der Waals surface area contributed by atoms with Gasteiger partial charge in [0, 0.05) is 13.0 Å². The molecule has 0 aliphatic carbocycles. The van der Waals surface area contributed by atoms with Crippen molar-refractivity contribution in [2.45, 2.75) is 31.8 Å². The molecule has 76 valence electrons. The first kappa shape index (κ1) is 9.14. The molecular formula is C8H12N4O2. The summed E-state index contributed by atoms with van der Waals surface area (Å²) in [5.41, 5.74) is 5.41. The molecule has 1 aromatic heterocycles. The van der Waals surface area contributed by atoms with Gasteiger partial charge in [0.2, 0.25) is 0 Å². The van der Waals surface area contributed by atoms with Crippen molar-refractivity contribution in [2.75, 3.05) is 0 Å². The van der Waals surface area contributed by atoms with Crippen LogP contribution in [0.15, 0.2) is 0 Å². The lowest BCUT2D eigenvalue weighted by atomic mass is 10.2. The predicted molar refractivity (Wildman–Crippen MR) is 47.5 cm³/mol. The third kappa shape index (κ3) is 1.48. The third-order valence-electron chi connectivity index (χ3n) is 2.33. The molecule has 0 aromatic carbocycles. The first-order chi connectivity index (χ1) is 6.68. The van der Waals surface area contributed by atoms with Gasteiger partial charge in [-0.3, -0.25) is 4.79 Å². The molecule has 0 saturated heterocycles. The van der Waals surface area contributed by atoms with Gasteiger partial charge in [-0.15, -0.1) is 0 Å². The van der Waals surface area contributed by atoms with Crippen molar-refractivity contribution in [3.63, 3.8) is 0 Å². The molecule has 1 aromatic rings. The Morgan fingerprint density at radius 1 is 1.57 bits per heavy atom. The SMILES string of the molecule is NC(C(=O)O)c1nc2n(n1)CCCC2. The van der Waals surface area contributed by atoms with E-state index in [1.54, 1.807) is 4.68 Å². The van der Waals surface area contributed by atoms with Crippen molar-refractivity contribution >= 4 is 5.97 Å². The topological polar surface area (TPSA) is 94.0 Å². The van der Waals surface area contributed by atoms with Gasteiger partial charge in [0.05, 0.1) is 0 Å². The Hall–Kier alpha value is -1.43. The minimum atomic E-state index is -1.10.